The van der Waals surface area contributed by atoms with E-state index in [1.165, 1.54) is 0 Å². The molecule has 1 N–H and O–H groups in total. The summed E-state index contributed by atoms with van der Waals surface area (Å²) >= 11 is 0. The van der Waals surface area contributed by atoms with E-state index in [0.29, 0.717) is 26.2 Å². The number of carbonyl (C=O) groups is 1. The van der Waals surface area contributed by atoms with Gasteiger partial charge in [-0.1, -0.05) is 0 Å². The second-order valence-electron chi connectivity index (χ2n) is 5.14. The third-order valence-electron chi connectivity index (χ3n) is 3.42. The molecule has 0 aromatic carbocycles. The lowest BCUT2D eigenvalue weighted by Crippen LogP contribution is -2.19. The number of methoxy groups -OCH3 is 1. The van der Waals surface area contributed by atoms with Crippen LogP contribution in [0.15, 0.2) is 22.9 Å². The van der Waals surface area contributed by atoms with Crippen molar-refractivity contribution in [1.82, 2.24) is 5.32 Å². The minimum absolute atomic E-state index is 0. The lowest BCUT2D eigenvalue weighted by molar-refractivity contribution is -0.140. The number of carbonyl (C=O) groups excluding carboxylic acids is 1. The summed E-state index contributed by atoms with van der Waals surface area (Å²) in [6.07, 6.45) is 5.37. The number of hydrogen-bond donors (Lipinski definition) is 1. The Balaban J connectivity index is 0.00000529. The van der Waals surface area contributed by atoms with E-state index < -0.39 is 5.97 Å². The fourth-order valence-electron chi connectivity index (χ4n) is 2.28. The quantitative estimate of drug-likeness (QED) is 0.287. The monoisotopic (exact) mass is 324 g/mol. The number of nitrogens with zero attached hydrogens (tertiary/aromatic N) is 1. The number of nitriles is 1. The van der Waals surface area contributed by atoms with Gasteiger partial charge in [0.25, 0.3) is 0 Å². The average molecular weight is 324 g/mol. The maximum atomic E-state index is 12.0. The van der Waals surface area contributed by atoms with Crippen molar-refractivity contribution in [1.29, 1.82) is 5.26 Å². The number of hydrogen-bond acceptors (Lipinski definition) is 6. The first-order chi connectivity index (χ1) is 11.2. The largest absolute Gasteiger partial charge is 0.459 e. The molecule has 0 atom stereocenters. The highest BCUT2D eigenvalue weighted by Gasteiger charge is 2.18. The van der Waals surface area contributed by atoms with Crippen LogP contribution in [0.5, 0.6) is 0 Å². The molecule has 0 radical (unpaired) electrons. The van der Waals surface area contributed by atoms with Crippen molar-refractivity contribution in [3.05, 3.63) is 22.9 Å². The lowest BCUT2D eigenvalue weighted by Gasteiger charge is -2.18. The number of allylic oxidation sites excluding steroid dienone is 3. The lowest BCUT2D eigenvalue weighted by atomic mass is 9.95. The Morgan fingerprint density at radius 1 is 1.39 bits per heavy atom. The van der Waals surface area contributed by atoms with Gasteiger partial charge in [-0.3, -0.25) is 0 Å². The zero-order valence-electron chi connectivity index (χ0n) is 14.0. The van der Waals surface area contributed by atoms with Crippen molar-refractivity contribution in [2.75, 3.05) is 40.1 Å². The van der Waals surface area contributed by atoms with Gasteiger partial charge in [-0.25, -0.2) is 4.79 Å². The maximum Gasteiger partial charge on any atom is 0.349 e. The fraction of sp³-hybridized carbons (Fsp3) is 0.647. The standard InChI is InChI=1S/C17H26N2O4.H2/c1-3-22-10-11-23-17(20)16(13-18)14-6-4-7-15(12-14)19-8-5-9-21-2;/h12,19H,3-11H2,1-2H3;1H/b16-14+;. The van der Waals surface area contributed by atoms with Crippen LogP contribution in [0.1, 0.15) is 34.0 Å². The predicted octanol–water partition coefficient (Wildman–Crippen LogP) is 2.33. The fourth-order valence-corrected chi connectivity index (χ4v) is 2.28. The van der Waals surface area contributed by atoms with E-state index in [9.17, 15) is 10.1 Å². The Bertz CT molecular complexity index is 483. The SMILES string of the molecule is CCOCCOC(=O)/C(C#N)=C1/C=C(NCCCOC)CCC1.[HH]. The second kappa shape index (κ2) is 11.7. The minimum Gasteiger partial charge on any atom is -0.459 e. The van der Waals surface area contributed by atoms with Crippen LogP contribution < -0.4 is 5.32 Å². The summed E-state index contributed by atoms with van der Waals surface area (Å²) in [5.41, 5.74) is 1.89. The van der Waals surface area contributed by atoms with Crippen molar-refractivity contribution >= 4 is 5.97 Å². The molecule has 6 nitrogen and oxygen atoms in total. The predicted molar refractivity (Wildman–Crippen MR) is 88.6 cm³/mol. The average Bonchev–Trinajstić information content (AvgIpc) is 2.57. The van der Waals surface area contributed by atoms with E-state index in [2.05, 4.69) is 5.32 Å². The molecule has 1 aliphatic carbocycles. The highest BCUT2D eigenvalue weighted by atomic mass is 16.6. The molecule has 6 heteroatoms. The molecule has 1 rings (SSSR count). The first kappa shape index (κ1) is 19.2. The van der Waals surface area contributed by atoms with E-state index in [1.807, 2.05) is 19.1 Å². The van der Waals surface area contributed by atoms with E-state index in [-0.39, 0.29) is 13.6 Å². The molecule has 0 aromatic heterocycles. The zero-order chi connectivity index (χ0) is 16.9. The molecular weight excluding hydrogens is 296 g/mol. The summed E-state index contributed by atoms with van der Waals surface area (Å²) in [5.74, 6) is -0.570. The number of esters is 1. The molecule has 130 valence electrons. The molecule has 0 aliphatic heterocycles. The van der Waals surface area contributed by atoms with Gasteiger partial charge in [0.1, 0.15) is 18.2 Å². The van der Waals surface area contributed by atoms with Crippen molar-refractivity contribution in [2.24, 2.45) is 0 Å². The first-order valence-corrected chi connectivity index (χ1v) is 8.04. The van der Waals surface area contributed by atoms with Crippen LogP contribution in [0.4, 0.5) is 0 Å². The van der Waals surface area contributed by atoms with Gasteiger partial charge in [0.15, 0.2) is 0 Å². The summed E-state index contributed by atoms with van der Waals surface area (Å²) in [5, 5.41) is 12.6. The molecule has 0 amide bonds. The first-order valence-electron chi connectivity index (χ1n) is 8.04. The Labute approximate surface area is 139 Å². The van der Waals surface area contributed by atoms with Gasteiger partial charge in [0.05, 0.1) is 6.61 Å². The Morgan fingerprint density at radius 2 is 2.22 bits per heavy atom. The zero-order valence-corrected chi connectivity index (χ0v) is 14.0. The van der Waals surface area contributed by atoms with Crippen LogP contribution in [0.25, 0.3) is 0 Å². The Morgan fingerprint density at radius 3 is 2.91 bits per heavy atom. The highest BCUT2D eigenvalue weighted by molar-refractivity contribution is 5.94. The summed E-state index contributed by atoms with van der Waals surface area (Å²) < 4.78 is 15.2. The van der Waals surface area contributed by atoms with Gasteiger partial charge in [0, 0.05) is 34.0 Å². The van der Waals surface area contributed by atoms with Crippen molar-refractivity contribution in [3.63, 3.8) is 0 Å². The van der Waals surface area contributed by atoms with E-state index in [1.54, 1.807) is 7.11 Å². The molecule has 0 heterocycles. The van der Waals surface area contributed by atoms with Gasteiger partial charge in [-0.15, -0.1) is 0 Å². The minimum atomic E-state index is -0.570. The van der Waals surface area contributed by atoms with Crippen LogP contribution in [-0.2, 0) is 19.0 Å². The molecule has 1 aliphatic rings. The summed E-state index contributed by atoms with van der Waals surface area (Å²) in [4.78, 5) is 12.0. The number of ether oxygens (including phenoxy) is 3. The van der Waals surface area contributed by atoms with Crippen LogP contribution in [0, 0.1) is 11.3 Å². The molecule has 23 heavy (non-hydrogen) atoms. The van der Waals surface area contributed by atoms with Gasteiger partial charge in [0.2, 0.25) is 0 Å². The van der Waals surface area contributed by atoms with Gasteiger partial charge in [-0.05, 0) is 44.3 Å². The molecule has 0 fully saturated rings. The molecule has 0 bridgehead atoms. The van der Waals surface area contributed by atoms with Crippen molar-refractivity contribution < 1.29 is 20.4 Å². The molecule has 0 saturated carbocycles. The third kappa shape index (κ3) is 7.31. The van der Waals surface area contributed by atoms with Crippen LogP contribution in [0.2, 0.25) is 0 Å². The molecule has 0 unspecified atom stereocenters. The molecule has 0 spiro atoms. The van der Waals surface area contributed by atoms with Crippen molar-refractivity contribution in [2.45, 2.75) is 32.6 Å². The second-order valence-corrected chi connectivity index (χ2v) is 5.14. The third-order valence-corrected chi connectivity index (χ3v) is 3.42. The normalized spacial score (nSPS) is 16.3. The number of nitrogens with one attached hydrogen (secondary N) is 1. The topological polar surface area (TPSA) is 80.6 Å². The summed E-state index contributed by atoms with van der Waals surface area (Å²) in [7, 11) is 1.68. The van der Waals surface area contributed by atoms with Crippen molar-refractivity contribution in [3.8, 4) is 6.07 Å². The van der Waals surface area contributed by atoms with Gasteiger partial charge >= 0.3 is 5.97 Å². The van der Waals surface area contributed by atoms with E-state index in [0.717, 1.165) is 37.1 Å². The van der Waals surface area contributed by atoms with Gasteiger partial charge < -0.3 is 19.5 Å². The highest BCUT2D eigenvalue weighted by Crippen LogP contribution is 2.24. The van der Waals surface area contributed by atoms with Crippen LogP contribution >= 0.6 is 0 Å². The Hall–Kier alpha value is -1.84. The summed E-state index contributed by atoms with van der Waals surface area (Å²) in [6.45, 7) is 4.48. The van der Waals surface area contributed by atoms with Crippen LogP contribution in [-0.4, -0.2) is 46.1 Å². The molecular formula is C17H28N2O4. The molecule has 0 aromatic rings. The van der Waals surface area contributed by atoms with E-state index in [4.69, 9.17) is 14.2 Å². The Kier molecular flexibility index (Phi) is 9.76. The molecule has 0 saturated heterocycles. The van der Waals surface area contributed by atoms with Gasteiger partial charge in [-0.2, -0.15) is 5.26 Å². The smallest absolute Gasteiger partial charge is 0.349 e. The van der Waals surface area contributed by atoms with Crippen LogP contribution in [0.3, 0.4) is 0 Å². The van der Waals surface area contributed by atoms with E-state index >= 15 is 0 Å². The summed E-state index contributed by atoms with van der Waals surface area (Å²) in [6, 6.07) is 1.98. The number of rotatable bonds is 10. The maximum absolute atomic E-state index is 12.0.